The van der Waals surface area contributed by atoms with Crippen molar-refractivity contribution >= 4 is 11.8 Å². The second-order valence-electron chi connectivity index (χ2n) is 9.18. The SMILES string of the molecule is CCCCCCCCCOC(=O)CC(CC(C)CC1CCC2(C=CC(=O)C=C2)O1)N=O. The standard InChI is InChI=1S/C25H39NO5/c1-3-4-5-6-7-8-9-16-30-24(28)19-21(26-29)17-20(2)18-23-12-15-25(31-23)13-10-22(27)11-14-25/h10-11,13-14,20-21,23H,3-9,12,15-19H2,1-2H3. The molecule has 3 unspecified atom stereocenters. The molecule has 1 saturated heterocycles. The predicted molar refractivity (Wildman–Crippen MR) is 122 cm³/mol. The number of rotatable bonds is 15. The Bertz CT molecular complexity index is 626. The van der Waals surface area contributed by atoms with E-state index < -0.39 is 11.6 Å². The van der Waals surface area contributed by atoms with Crippen LogP contribution in [-0.2, 0) is 19.1 Å². The molecule has 6 nitrogen and oxygen atoms in total. The maximum atomic E-state index is 12.1. The average Bonchev–Trinajstić information content (AvgIpc) is 3.13. The number of nitrogens with zero attached hydrogens (tertiary/aromatic N) is 1. The van der Waals surface area contributed by atoms with Crippen LogP contribution >= 0.6 is 0 Å². The van der Waals surface area contributed by atoms with Crippen molar-refractivity contribution < 1.29 is 19.1 Å². The number of carbonyl (C=O) groups is 2. The van der Waals surface area contributed by atoms with Crippen LogP contribution in [0.15, 0.2) is 29.5 Å². The topological polar surface area (TPSA) is 82.0 Å². The molecule has 1 spiro atoms. The fourth-order valence-electron chi connectivity index (χ4n) is 4.45. The minimum Gasteiger partial charge on any atom is -0.466 e. The molecule has 0 aromatic heterocycles. The summed E-state index contributed by atoms with van der Waals surface area (Å²) in [5.41, 5.74) is -0.458. The van der Waals surface area contributed by atoms with E-state index in [0.717, 1.165) is 32.1 Å². The minimum absolute atomic E-state index is 0.00944. The molecule has 3 atom stereocenters. The maximum absolute atomic E-state index is 12.1. The second kappa shape index (κ2) is 13.6. The van der Waals surface area contributed by atoms with Crippen LogP contribution in [0.1, 0.15) is 90.9 Å². The fourth-order valence-corrected chi connectivity index (χ4v) is 4.45. The third-order valence-electron chi connectivity index (χ3n) is 6.20. The van der Waals surface area contributed by atoms with Crippen LogP contribution in [0.2, 0.25) is 0 Å². The molecule has 0 aromatic rings. The van der Waals surface area contributed by atoms with Gasteiger partial charge in [0.25, 0.3) is 0 Å². The van der Waals surface area contributed by atoms with Gasteiger partial charge in [-0.15, -0.1) is 0 Å². The van der Waals surface area contributed by atoms with E-state index in [1.165, 1.54) is 32.1 Å². The van der Waals surface area contributed by atoms with E-state index in [4.69, 9.17) is 9.47 Å². The van der Waals surface area contributed by atoms with Gasteiger partial charge in [-0.1, -0.05) is 57.5 Å². The molecule has 174 valence electrons. The van der Waals surface area contributed by atoms with Crippen LogP contribution in [0.25, 0.3) is 0 Å². The molecule has 0 bridgehead atoms. The first-order valence-electron chi connectivity index (χ1n) is 12.0. The van der Waals surface area contributed by atoms with E-state index >= 15 is 0 Å². The number of carbonyl (C=O) groups excluding carboxylic acids is 2. The summed E-state index contributed by atoms with van der Waals surface area (Å²) in [5, 5.41) is 3.17. The molecule has 1 aliphatic heterocycles. The highest BCUT2D eigenvalue weighted by molar-refractivity contribution is 6.00. The molecule has 0 saturated carbocycles. The number of esters is 1. The highest BCUT2D eigenvalue weighted by atomic mass is 16.5. The highest BCUT2D eigenvalue weighted by Crippen LogP contribution is 2.37. The Morgan fingerprint density at radius 1 is 1.19 bits per heavy atom. The molecule has 0 aromatic carbocycles. The third kappa shape index (κ3) is 9.46. The van der Waals surface area contributed by atoms with Crippen LogP contribution in [0, 0.1) is 10.8 Å². The zero-order chi connectivity index (χ0) is 22.5. The van der Waals surface area contributed by atoms with E-state index in [0.29, 0.717) is 13.0 Å². The molecule has 0 N–H and O–H groups in total. The molecule has 1 fully saturated rings. The van der Waals surface area contributed by atoms with Gasteiger partial charge in [0.15, 0.2) is 5.78 Å². The monoisotopic (exact) mass is 433 g/mol. The third-order valence-corrected chi connectivity index (χ3v) is 6.20. The van der Waals surface area contributed by atoms with Crippen LogP contribution < -0.4 is 0 Å². The van der Waals surface area contributed by atoms with Gasteiger partial charge in [-0.3, -0.25) is 9.59 Å². The summed E-state index contributed by atoms with van der Waals surface area (Å²) in [6, 6.07) is -0.556. The van der Waals surface area contributed by atoms with Crippen molar-refractivity contribution in [3.63, 3.8) is 0 Å². The van der Waals surface area contributed by atoms with Gasteiger partial charge in [0.05, 0.1) is 19.1 Å². The second-order valence-corrected chi connectivity index (χ2v) is 9.18. The van der Waals surface area contributed by atoms with Crippen LogP contribution in [0.4, 0.5) is 0 Å². The van der Waals surface area contributed by atoms with Crippen LogP contribution in [0.5, 0.6) is 0 Å². The van der Waals surface area contributed by atoms with E-state index in [9.17, 15) is 14.5 Å². The van der Waals surface area contributed by atoms with Gasteiger partial charge in [-0.05, 0) is 62.3 Å². The summed E-state index contributed by atoms with van der Waals surface area (Å²) < 4.78 is 11.5. The molecular formula is C25H39NO5. The molecule has 1 aliphatic carbocycles. The Hall–Kier alpha value is -1.82. The number of hydrogen-bond donors (Lipinski definition) is 0. The lowest BCUT2D eigenvalue weighted by atomic mass is 9.92. The molecule has 1 heterocycles. The first kappa shape index (κ1) is 25.4. The lowest BCUT2D eigenvalue weighted by Gasteiger charge is -2.25. The van der Waals surface area contributed by atoms with Crippen molar-refractivity contribution in [2.75, 3.05) is 6.61 Å². The Labute approximate surface area is 186 Å². The fraction of sp³-hybridized carbons (Fsp3) is 0.760. The van der Waals surface area contributed by atoms with Crippen LogP contribution in [0.3, 0.4) is 0 Å². The van der Waals surface area contributed by atoms with Crippen molar-refractivity contribution in [2.24, 2.45) is 11.1 Å². The van der Waals surface area contributed by atoms with E-state index in [2.05, 4.69) is 19.0 Å². The van der Waals surface area contributed by atoms with Crippen molar-refractivity contribution in [2.45, 2.75) is 109 Å². The first-order chi connectivity index (χ1) is 15.0. The summed E-state index contributed by atoms with van der Waals surface area (Å²) in [6.45, 7) is 4.69. The summed E-state index contributed by atoms with van der Waals surface area (Å²) in [6.07, 6.45) is 18.2. The number of nitroso groups, excluding NO2 is 1. The smallest absolute Gasteiger partial charge is 0.308 e. The first-order valence-corrected chi connectivity index (χ1v) is 12.0. The highest BCUT2D eigenvalue weighted by Gasteiger charge is 2.38. The molecule has 2 aliphatic rings. The number of unbranched alkanes of at least 4 members (excludes halogenated alkanes) is 6. The van der Waals surface area contributed by atoms with E-state index in [-0.39, 0.29) is 30.2 Å². The van der Waals surface area contributed by atoms with Gasteiger partial charge in [-0.25, -0.2) is 0 Å². The largest absolute Gasteiger partial charge is 0.466 e. The Balaban J connectivity index is 1.60. The maximum Gasteiger partial charge on any atom is 0.308 e. The number of ketones is 1. The molecular weight excluding hydrogens is 394 g/mol. The normalized spacial score (nSPS) is 21.4. The van der Waals surface area contributed by atoms with Crippen molar-refractivity contribution in [3.8, 4) is 0 Å². The summed E-state index contributed by atoms with van der Waals surface area (Å²) in [4.78, 5) is 34.6. The summed E-state index contributed by atoms with van der Waals surface area (Å²) >= 11 is 0. The van der Waals surface area contributed by atoms with Crippen molar-refractivity contribution in [3.05, 3.63) is 29.2 Å². The molecule has 0 amide bonds. The van der Waals surface area contributed by atoms with Gasteiger partial charge in [-0.2, -0.15) is 4.91 Å². The van der Waals surface area contributed by atoms with Crippen molar-refractivity contribution in [1.29, 1.82) is 0 Å². The molecule has 6 heteroatoms. The Kier molecular flexibility index (Phi) is 11.1. The molecule has 31 heavy (non-hydrogen) atoms. The quantitative estimate of drug-likeness (QED) is 0.184. The molecule has 0 radical (unpaired) electrons. The zero-order valence-corrected chi connectivity index (χ0v) is 19.2. The number of allylic oxidation sites excluding steroid dienone is 2. The minimum atomic E-state index is -0.556. The predicted octanol–water partition coefficient (Wildman–Crippen LogP) is 5.83. The summed E-state index contributed by atoms with van der Waals surface area (Å²) in [5.74, 6) is -0.136. The van der Waals surface area contributed by atoms with E-state index in [1.807, 2.05) is 12.2 Å². The van der Waals surface area contributed by atoms with E-state index in [1.54, 1.807) is 12.2 Å². The summed E-state index contributed by atoms with van der Waals surface area (Å²) in [7, 11) is 0. The van der Waals surface area contributed by atoms with Crippen molar-refractivity contribution in [1.82, 2.24) is 0 Å². The molecule has 2 rings (SSSR count). The lowest BCUT2D eigenvalue weighted by Crippen LogP contribution is -2.27. The van der Waals surface area contributed by atoms with Gasteiger partial charge in [0.2, 0.25) is 0 Å². The van der Waals surface area contributed by atoms with Gasteiger partial charge in [0, 0.05) is 0 Å². The average molecular weight is 434 g/mol. The Morgan fingerprint density at radius 2 is 1.87 bits per heavy atom. The number of ether oxygens (including phenoxy) is 2. The van der Waals surface area contributed by atoms with Gasteiger partial charge >= 0.3 is 5.97 Å². The lowest BCUT2D eigenvalue weighted by molar-refractivity contribution is -0.144. The van der Waals surface area contributed by atoms with Crippen LogP contribution in [-0.4, -0.2) is 36.1 Å². The van der Waals surface area contributed by atoms with Gasteiger partial charge < -0.3 is 9.47 Å². The van der Waals surface area contributed by atoms with Gasteiger partial charge in [0.1, 0.15) is 11.6 Å². The Morgan fingerprint density at radius 3 is 2.55 bits per heavy atom. The number of hydrogen-bond acceptors (Lipinski definition) is 6. The zero-order valence-electron chi connectivity index (χ0n) is 19.2.